The maximum atomic E-state index is 13.1. The van der Waals surface area contributed by atoms with Crippen LogP contribution in [0.15, 0.2) is 36.4 Å². The summed E-state index contributed by atoms with van der Waals surface area (Å²) < 4.78 is 18.5. The van der Waals surface area contributed by atoms with Crippen molar-refractivity contribution in [3.05, 3.63) is 52.8 Å². The lowest BCUT2D eigenvalue weighted by molar-refractivity contribution is -0.122. The maximum Gasteiger partial charge on any atom is 0.229 e. The Balaban J connectivity index is 1.77. The average Bonchev–Trinajstić information content (AvgIpc) is 2.99. The van der Waals surface area contributed by atoms with Crippen molar-refractivity contribution in [1.29, 1.82) is 0 Å². The summed E-state index contributed by atoms with van der Waals surface area (Å²) in [5.41, 5.74) is 1.95. The summed E-state index contributed by atoms with van der Waals surface area (Å²) in [4.78, 5) is 26.5. The zero-order valence-electron chi connectivity index (χ0n) is 14.4. The molecule has 1 aliphatic rings. The van der Waals surface area contributed by atoms with Crippen LogP contribution < -0.4 is 15.0 Å². The zero-order valence-corrected chi connectivity index (χ0v) is 15.1. The lowest BCUT2D eigenvalue weighted by atomic mass is 10.1. The van der Waals surface area contributed by atoms with Crippen LogP contribution in [-0.4, -0.2) is 25.5 Å². The quantitative estimate of drug-likeness (QED) is 0.883. The first-order valence-electron chi connectivity index (χ1n) is 8.10. The maximum absolute atomic E-state index is 13.1. The van der Waals surface area contributed by atoms with Crippen LogP contribution in [0.3, 0.4) is 0 Å². The molecule has 0 spiro atoms. The third kappa shape index (κ3) is 3.65. The highest BCUT2D eigenvalue weighted by molar-refractivity contribution is 6.33. The molecule has 2 aromatic rings. The van der Waals surface area contributed by atoms with Gasteiger partial charge in [0.2, 0.25) is 11.8 Å². The van der Waals surface area contributed by atoms with Crippen molar-refractivity contribution in [2.24, 2.45) is 5.92 Å². The Morgan fingerprint density at radius 3 is 2.77 bits per heavy atom. The highest BCUT2D eigenvalue weighted by Gasteiger charge is 2.36. The number of amides is 2. The molecule has 1 fully saturated rings. The molecular formula is C19H18ClFN2O3. The van der Waals surface area contributed by atoms with E-state index in [0.29, 0.717) is 17.1 Å². The predicted molar refractivity (Wildman–Crippen MR) is 98.2 cm³/mol. The molecule has 0 bridgehead atoms. The van der Waals surface area contributed by atoms with Gasteiger partial charge in [-0.1, -0.05) is 17.7 Å². The average molecular weight is 377 g/mol. The smallest absolute Gasteiger partial charge is 0.229 e. The molecule has 2 aromatic carbocycles. The van der Waals surface area contributed by atoms with E-state index in [1.165, 1.54) is 19.2 Å². The van der Waals surface area contributed by atoms with Crippen molar-refractivity contribution in [3.8, 4) is 5.75 Å². The van der Waals surface area contributed by atoms with Gasteiger partial charge in [0.1, 0.15) is 11.6 Å². The molecule has 0 saturated carbocycles. The number of rotatable bonds is 4. The van der Waals surface area contributed by atoms with Gasteiger partial charge in [0.25, 0.3) is 0 Å². The van der Waals surface area contributed by atoms with Gasteiger partial charge in [0, 0.05) is 13.0 Å². The Morgan fingerprint density at radius 2 is 2.08 bits per heavy atom. The molecule has 1 saturated heterocycles. The molecule has 136 valence electrons. The third-order valence-corrected chi connectivity index (χ3v) is 4.62. The van der Waals surface area contributed by atoms with Gasteiger partial charge >= 0.3 is 0 Å². The molecule has 3 rings (SSSR count). The van der Waals surface area contributed by atoms with Gasteiger partial charge in [-0.05, 0) is 42.8 Å². The molecule has 1 N–H and O–H groups in total. The van der Waals surface area contributed by atoms with Crippen LogP contribution in [0.2, 0.25) is 5.02 Å². The van der Waals surface area contributed by atoms with Crippen molar-refractivity contribution < 1.29 is 18.7 Å². The molecule has 0 radical (unpaired) electrons. The Labute approximate surface area is 155 Å². The largest absolute Gasteiger partial charge is 0.495 e. The van der Waals surface area contributed by atoms with Crippen molar-refractivity contribution in [2.75, 3.05) is 23.9 Å². The Bertz CT molecular complexity index is 872. The number of benzene rings is 2. The molecule has 26 heavy (non-hydrogen) atoms. The van der Waals surface area contributed by atoms with Crippen LogP contribution in [0.1, 0.15) is 12.0 Å². The van der Waals surface area contributed by atoms with Gasteiger partial charge in [0.05, 0.1) is 29.4 Å². The number of carbonyl (C=O) groups excluding carboxylic acids is 2. The summed E-state index contributed by atoms with van der Waals surface area (Å²) in [6.07, 6.45) is 0.0851. The van der Waals surface area contributed by atoms with Crippen LogP contribution in [0.4, 0.5) is 15.8 Å². The second-order valence-electron chi connectivity index (χ2n) is 6.19. The summed E-state index contributed by atoms with van der Waals surface area (Å²) in [6, 6.07) is 9.28. The molecule has 1 unspecified atom stereocenters. The van der Waals surface area contributed by atoms with Gasteiger partial charge in [0.15, 0.2) is 0 Å². The number of methoxy groups -OCH3 is 1. The molecule has 1 heterocycles. The van der Waals surface area contributed by atoms with Crippen LogP contribution in [0.5, 0.6) is 5.75 Å². The summed E-state index contributed by atoms with van der Waals surface area (Å²) in [5, 5.41) is 2.78. The number of nitrogens with zero attached hydrogens (tertiary/aromatic N) is 1. The van der Waals surface area contributed by atoms with Gasteiger partial charge in [-0.25, -0.2) is 4.39 Å². The zero-order chi connectivity index (χ0) is 18.8. The first-order valence-corrected chi connectivity index (χ1v) is 8.47. The standard InChI is InChI=1S/C19H18ClFN2O3/c1-11-3-6-17(26-2)16(7-11)23-10-12(8-18(23)24)19(25)22-15-5-4-13(21)9-14(15)20/h3-7,9,12H,8,10H2,1-2H3,(H,22,25). The van der Waals surface area contributed by atoms with Gasteiger partial charge in [-0.15, -0.1) is 0 Å². The monoisotopic (exact) mass is 376 g/mol. The molecule has 5 nitrogen and oxygen atoms in total. The third-order valence-electron chi connectivity index (χ3n) is 4.31. The number of hydrogen-bond donors (Lipinski definition) is 1. The fraction of sp³-hybridized carbons (Fsp3) is 0.263. The summed E-state index contributed by atoms with van der Waals surface area (Å²) in [7, 11) is 1.54. The van der Waals surface area contributed by atoms with Crippen molar-refractivity contribution >= 4 is 34.8 Å². The molecular weight excluding hydrogens is 359 g/mol. The summed E-state index contributed by atoms with van der Waals surface area (Å²) in [5.74, 6) is -0.928. The number of halogens is 2. The minimum Gasteiger partial charge on any atom is -0.495 e. The number of anilines is 2. The molecule has 0 aromatic heterocycles. The van der Waals surface area contributed by atoms with E-state index in [2.05, 4.69) is 5.32 Å². The van der Waals surface area contributed by atoms with E-state index in [1.807, 2.05) is 19.1 Å². The number of carbonyl (C=O) groups is 2. The van der Waals surface area contributed by atoms with E-state index in [0.717, 1.165) is 11.6 Å². The van der Waals surface area contributed by atoms with E-state index in [9.17, 15) is 14.0 Å². The molecule has 1 aliphatic heterocycles. The molecule has 0 aliphatic carbocycles. The van der Waals surface area contributed by atoms with Gasteiger partial charge in [-0.3, -0.25) is 9.59 Å². The van der Waals surface area contributed by atoms with Crippen molar-refractivity contribution in [3.63, 3.8) is 0 Å². The fourth-order valence-electron chi connectivity index (χ4n) is 2.95. The lowest BCUT2D eigenvalue weighted by Crippen LogP contribution is -2.28. The fourth-order valence-corrected chi connectivity index (χ4v) is 3.17. The second kappa shape index (κ2) is 7.33. The van der Waals surface area contributed by atoms with Crippen molar-refractivity contribution in [2.45, 2.75) is 13.3 Å². The minimum absolute atomic E-state index is 0.0851. The normalized spacial score (nSPS) is 16.7. The Morgan fingerprint density at radius 1 is 1.31 bits per heavy atom. The van der Waals surface area contributed by atoms with Crippen LogP contribution >= 0.6 is 11.6 Å². The first-order chi connectivity index (χ1) is 12.4. The Hall–Kier alpha value is -2.60. The minimum atomic E-state index is -0.533. The van der Waals surface area contributed by atoms with Crippen molar-refractivity contribution in [1.82, 2.24) is 0 Å². The summed E-state index contributed by atoms with van der Waals surface area (Å²) in [6.45, 7) is 2.16. The Kier molecular flexibility index (Phi) is 5.13. The summed E-state index contributed by atoms with van der Waals surface area (Å²) >= 11 is 5.94. The van der Waals surface area contributed by atoms with E-state index >= 15 is 0 Å². The molecule has 2 amide bonds. The number of ether oxygens (including phenoxy) is 1. The highest BCUT2D eigenvalue weighted by Crippen LogP contribution is 2.34. The van der Waals surface area contributed by atoms with Crippen LogP contribution in [0.25, 0.3) is 0 Å². The number of aryl methyl sites for hydroxylation is 1. The first kappa shape index (κ1) is 18.2. The number of nitrogens with one attached hydrogen (secondary N) is 1. The van der Waals surface area contributed by atoms with Gasteiger partial charge < -0.3 is 15.0 Å². The molecule has 1 atom stereocenters. The predicted octanol–water partition coefficient (Wildman–Crippen LogP) is 3.79. The van der Waals surface area contributed by atoms with E-state index in [4.69, 9.17) is 16.3 Å². The van der Waals surface area contributed by atoms with E-state index in [-0.39, 0.29) is 29.8 Å². The topological polar surface area (TPSA) is 58.6 Å². The van der Waals surface area contributed by atoms with Crippen LogP contribution in [0, 0.1) is 18.7 Å². The molecule has 7 heteroatoms. The lowest BCUT2D eigenvalue weighted by Gasteiger charge is -2.20. The SMILES string of the molecule is COc1ccc(C)cc1N1CC(C(=O)Nc2ccc(F)cc2Cl)CC1=O. The number of hydrogen-bond acceptors (Lipinski definition) is 3. The highest BCUT2D eigenvalue weighted by atomic mass is 35.5. The van der Waals surface area contributed by atoms with Gasteiger partial charge in [-0.2, -0.15) is 0 Å². The van der Waals surface area contributed by atoms with Crippen LogP contribution in [-0.2, 0) is 9.59 Å². The van der Waals surface area contributed by atoms with E-state index in [1.54, 1.807) is 11.0 Å². The van der Waals surface area contributed by atoms with E-state index < -0.39 is 11.7 Å². The second-order valence-corrected chi connectivity index (χ2v) is 6.60.